The number of rotatable bonds is 2. The molecule has 0 aliphatic heterocycles. The van der Waals surface area contributed by atoms with E-state index in [0.717, 1.165) is 5.56 Å². The molecule has 2 amide bonds. The number of amides is 2. The Labute approximate surface area is 102 Å². The van der Waals surface area contributed by atoms with E-state index in [1.165, 1.54) is 4.68 Å². The van der Waals surface area contributed by atoms with Crippen LogP contribution in [0.15, 0.2) is 45.4 Å². The lowest BCUT2D eigenvalue weighted by Gasteiger charge is -1.97. The van der Waals surface area contributed by atoms with Crippen LogP contribution in [0.1, 0.15) is 0 Å². The third kappa shape index (κ3) is 2.19. The molecule has 0 fully saturated rings. The van der Waals surface area contributed by atoms with Gasteiger partial charge in [-0.3, -0.25) is 14.6 Å². The van der Waals surface area contributed by atoms with Gasteiger partial charge < -0.3 is 5.73 Å². The van der Waals surface area contributed by atoms with Crippen molar-refractivity contribution in [1.29, 1.82) is 0 Å². The summed E-state index contributed by atoms with van der Waals surface area (Å²) in [6.07, 6.45) is 0. The monoisotopic (exact) mass is 245 g/mol. The molecule has 0 radical (unpaired) electrons. The Morgan fingerprint density at radius 2 is 2.00 bits per heavy atom. The number of H-pyrrole nitrogens is 1. The number of nitrogens with two attached hydrogens (primary N) is 1. The van der Waals surface area contributed by atoms with Crippen molar-refractivity contribution in [2.24, 2.45) is 23.0 Å². The molecule has 1 aromatic heterocycles. The summed E-state index contributed by atoms with van der Waals surface area (Å²) >= 11 is 0. The fraction of sp³-hybridized carbons (Fsp3) is 0.0909. The number of aromatic amines is 1. The Bertz CT molecular complexity index is 654. The van der Waals surface area contributed by atoms with Gasteiger partial charge in [0.25, 0.3) is 5.56 Å². The number of aromatic nitrogens is 2. The summed E-state index contributed by atoms with van der Waals surface area (Å²) in [5, 5.41) is 9.63. The van der Waals surface area contributed by atoms with Crippen molar-refractivity contribution >= 4 is 11.7 Å². The zero-order valence-electron chi connectivity index (χ0n) is 9.62. The standard InChI is InChI=1S/C11H11N5O2/c1-16-10(17)9(13-14-11(12)18)8(15-16)7-5-3-2-4-6-7/h2-6,15H,1H3,(H2,12,18). The van der Waals surface area contributed by atoms with E-state index in [0.29, 0.717) is 5.69 Å². The molecule has 2 aromatic rings. The molecule has 2 rings (SSSR count). The first kappa shape index (κ1) is 11.8. The zero-order valence-corrected chi connectivity index (χ0v) is 9.62. The van der Waals surface area contributed by atoms with Crippen molar-refractivity contribution in [2.45, 2.75) is 0 Å². The summed E-state index contributed by atoms with van der Waals surface area (Å²) in [5.74, 6) is 0. The summed E-state index contributed by atoms with van der Waals surface area (Å²) in [5.41, 5.74) is 5.81. The van der Waals surface area contributed by atoms with Gasteiger partial charge in [-0.15, -0.1) is 5.11 Å². The number of nitrogens with one attached hydrogen (secondary N) is 1. The fourth-order valence-electron chi connectivity index (χ4n) is 1.54. The molecule has 0 atom stereocenters. The lowest BCUT2D eigenvalue weighted by Crippen LogP contribution is -2.11. The first-order valence-corrected chi connectivity index (χ1v) is 5.15. The summed E-state index contributed by atoms with van der Waals surface area (Å²) < 4.78 is 1.26. The number of nitrogens with zero attached hydrogens (tertiary/aromatic N) is 3. The van der Waals surface area contributed by atoms with E-state index in [4.69, 9.17) is 5.73 Å². The highest BCUT2D eigenvalue weighted by molar-refractivity contribution is 5.74. The van der Waals surface area contributed by atoms with E-state index >= 15 is 0 Å². The van der Waals surface area contributed by atoms with Gasteiger partial charge in [0, 0.05) is 12.6 Å². The zero-order chi connectivity index (χ0) is 13.1. The van der Waals surface area contributed by atoms with E-state index in [-0.39, 0.29) is 11.2 Å². The molecule has 0 aliphatic carbocycles. The number of urea groups is 1. The van der Waals surface area contributed by atoms with Crippen LogP contribution in [-0.2, 0) is 7.05 Å². The average Bonchev–Trinajstić information content (AvgIpc) is 2.64. The van der Waals surface area contributed by atoms with Crippen molar-refractivity contribution < 1.29 is 4.79 Å². The van der Waals surface area contributed by atoms with Crippen LogP contribution in [0.5, 0.6) is 0 Å². The Kier molecular flexibility index (Phi) is 3.05. The van der Waals surface area contributed by atoms with Gasteiger partial charge in [-0.25, -0.2) is 4.79 Å². The molecule has 0 spiro atoms. The van der Waals surface area contributed by atoms with Crippen LogP contribution < -0.4 is 11.3 Å². The maximum Gasteiger partial charge on any atom is 0.357 e. The lowest BCUT2D eigenvalue weighted by molar-refractivity contribution is 0.255. The van der Waals surface area contributed by atoms with Crippen molar-refractivity contribution in [1.82, 2.24) is 9.78 Å². The van der Waals surface area contributed by atoms with Crippen molar-refractivity contribution in [3.05, 3.63) is 40.7 Å². The molecule has 0 saturated carbocycles. The number of hydrogen-bond acceptors (Lipinski definition) is 3. The quantitative estimate of drug-likeness (QED) is 0.783. The highest BCUT2D eigenvalue weighted by atomic mass is 16.2. The molecule has 0 bridgehead atoms. The molecule has 92 valence electrons. The molecule has 18 heavy (non-hydrogen) atoms. The molecule has 0 unspecified atom stereocenters. The largest absolute Gasteiger partial charge is 0.357 e. The highest BCUT2D eigenvalue weighted by Crippen LogP contribution is 2.25. The fourth-order valence-corrected chi connectivity index (χ4v) is 1.54. The molecule has 7 heteroatoms. The van der Waals surface area contributed by atoms with Gasteiger partial charge in [0.1, 0.15) is 0 Å². The molecular weight excluding hydrogens is 234 g/mol. The van der Waals surface area contributed by atoms with Gasteiger partial charge in [0.2, 0.25) is 0 Å². The SMILES string of the molecule is Cn1[nH]c(-c2ccccc2)c(N=NC(N)=O)c1=O. The normalized spacial score (nSPS) is 10.9. The highest BCUT2D eigenvalue weighted by Gasteiger charge is 2.13. The molecule has 7 nitrogen and oxygen atoms in total. The van der Waals surface area contributed by atoms with E-state index in [9.17, 15) is 9.59 Å². The average molecular weight is 245 g/mol. The predicted molar refractivity (Wildman–Crippen MR) is 65.6 cm³/mol. The summed E-state index contributed by atoms with van der Waals surface area (Å²) in [6.45, 7) is 0. The number of aryl methyl sites for hydroxylation is 1. The molecule has 0 saturated heterocycles. The number of hydrogen-bond donors (Lipinski definition) is 2. The minimum absolute atomic E-state index is 0.0579. The predicted octanol–water partition coefficient (Wildman–Crippen LogP) is 1.54. The second-order valence-corrected chi connectivity index (χ2v) is 3.60. The van der Waals surface area contributed by atoms with Crippen LogP contribution in [0, 0.1) is 0 Å². The van der Waals surface area contributed by atoms with E-state index in [2.05, 4.69) is 15.3 Å². The number of primary amides is 1. The summed E-state index contributed by atoms with van der Waals surface area (Å²) in [7, 11) is 1.55. The van der Waals surface area contributed by atoms with Crippen LogP contribution >= 0.6 is 0 Å². The van der Waals surface area contributed by atoms with E-state index < -0.39 is 6.03 Å². The van der Waals surface area contributed by atoms with Gasteiger partial charge in [-0.05, 0) is 0 Å². The molecule has 3 N–H and O–H groups in total. The molecular formula is C11H11N5O2. The Balaban J connectivity index is 2.58. The smallest absolute Gasteiger partial charge is 0.348 e. The van der Waals surface area contributed by atoms with Crippen molar-refractivity contribution in [3.63, 3.8) is 0 Å². The maximum atomic E-state index is 11.8. The van der Waals surface area contributed by atoms with Gasteiger partial charge in [-0.1, -0.05) is 35.4 Å². The van der Waals surface area contributed by atoms with Gasteiger partial charge in [0.05, 0.1) is 5.69 Å². The maximum absolute atomic E-state index is 11.8. The Hall–Kier alpha value is -2.70. The number of benzene rings is 1. The van der Waals surface area contributed by atoms with Crippen LogP contribution in [0.4, 0.5) is 10.5 Å². The Morgan fingerprint density at radius 1 is 1.33 bits per heavy atom. The van der Waals surface area contributed by atoms with Gasteiger partial charge >= 0.3 is 6.03 Å². The summed E-state index contributed by atoms with van der Waals surface area (Å²) in [6, 6.07) is 8.20. The van der Waals surface area contributed by atoms with E-state index in [1.54, 1.807) is 7.05 Å². The molecule has 1 heterocycles. The first-order valence-electron chi connectivity index (χ1n) is 5.15. The minimum atomic E-state index is -0.947. The number of carbonyl (C=O) groups is 1. The number of carbonyl (C=O) groups excluding carboxylic acids is 1. The minimum Gasteiger partial charge on any atom is -0.348 e. The van der Waals surface area contributed by atoms with Gasteiger partial charge in [0.15, 0.2) is 5.69 Å². The van der Waals surface area contributed by atoms with Crippen LogP contribution in [-0.4, -0.2) is 15.8 Å². The first-order chi connectivity index (χ1) is 8.59. The summed E-state index contributed by atoms with van der Waals surface area (Å²) in [4.78, 5) is 22.4. The second kappa shape index (κ2) is 4.66. The third-order valence-electron chi connectivity index (χ3n) is 2.33. The van der Waals surface area contributed by atoms with Crippen molar-refractivity contribution in [2.75, 3.05) is 0 Å². The topological polar surface area (TPSA) is 106 Å². The Morgan fingerprint density at radius 3 is 2.61 bits per heavy atom. The third-order valence-corrected chi connectivity index (χ3v) is 2.33. The van der Waals surface area contributed by atoms with Gasteiger partial charge in [-0.2, -0.15) is 0 Å². The lowest BCUT2D eigenvalue weighted by atomic mass is 10.1. The van der Waals surface area contributed by atoms with Crippen LogP contribution in [0.2, 0.25) is 0 Å². The molecule has 1 aromatic carbocycles. The van der Waals surface area contributed by atoms with E-state index in [1.807, 2.05) is 30.3 Å². The van der Waals surface area contributed by atoms with Crippen molar-refractivity contribution in [3.8, 4) is 11.3 Å². The van der Waals surface area contributed by atoms with Crippen LogP contribution in [0.3, 0.4) is 0 Å². The molecule has 0 aliphatic rings. The van der Waals surface area contributed by atoms with Crippen LogP contribution in [0.25, 0.3) is 11.3 Å². The second-order valence-electron chi connectivity index (χ2n) is 3.60. The number of azo groups is 1.